The first-order chi connectivity index (χ1) is 12.4. The summed E-state index contributed by atoms with van der Waals surface area (Å²) in [6, 6.07) is 6.94. The third kappa shape index (κ3) is 5.91. The van der Waals surface area contributed by atoms with Crippen LogP contribution in [0.5, 0.6) is 0 Å². The van der Waals surface area contributed by atoms with Gasteiger partial charge in [0.1, 0.15) is 0 Å². The molecule has 0 aromatic heterocycles. The number of hydrogen-bond acceptors (Lipinski definition) is 3. The first-order valence-electron chi connectivity index (χ1n) is 8.65. The Hall–Kier alpha value is -2.28. The minimum absolute atomic E-state index is 0.0151. The zero-order chi connectivity index (χ0) is 19.1. The maximum Gasteiger partial charge on any atom is 0.317 e. The van der Waals surface area contributed by atoms with Crippen molar-refractivity contribution in [1.82, 2.24) is 15.1 Å². The Kier molecular flexibility index (Phi) is 7.26. The molecule has 2 N–H and O–H groups in total. The van der Waals surface area contributed by atoms with Crippen LogP contribution in [0, 0.1) is 0 Å². The van der Waals surface area contributed by atoms with Gasteiger partial charge in [-0.25, -0.2) is 4.79 Å². The van der Waals surface area contributed by atoms with E-state index in [0.717, 1.165) is 5.56 Å². The van der Waals surface area contributed by atoms with Gasteiger partial charge in [0, 0.05) is 43.7 Å². The molecule has 0 spiro atoms. The van der Waals surface area contributed by atoms with Crippen molar-refractivity contribution >= 4 is 29.5 Å². The predicted molar refractivity (Wildman–Crippen MR) is 98.2 cm³/mol. The summed E-state index contributed by atoms with van der Waals surface area (Å²) in [6.45, 7) is 3.62. The van der Waals surface area contributed by atoms with Crippen molar-refractivity contribution in [3.8, 4) is 0 Å². The molecule has 1 unspecified atom stereocenters. The van der Waals surface area contributed by atoms with Crippen molar-refractivity contribution in [2.24, 2.45) is 0 Å². The number of carbonyl (C=O) groups is 3. The number of hydrogen-bond donors (Lipinski definition) is 2. The Morgan fingerprint density at radius 2 is 2.08 bits per heavy atom. The topological polar surface area (TPSA) is 89.9 Å². The largest absolute Gasteiger partial charge is 0.481 e. The van der Waals surface area contributed by atoms with Crippen LogP contribution in [-0.2, 0) is 16.0 Å². The molecule has 2 rings (SSSR count). The number of rotatable bonds is 6. The summed E-state index contributed by atoms with van der Waals surface area (Å²) in [5, 5.41) is 11.9. The second-order valence-electron chi connectivity index (χ2n) is 6.42. The van der Waals surface area contributed by atoms with Crippen LogP contribution < -0.4 is 5.32 Å². The fourth-order valence-electron chi connectivity index (χ4n) is 2.98. The highest BCUT2D eigenvalue weighted by atomic mass is 35.5. The van der Waals surface area contributed by atoms with Crippen LogP contribution in [0.4, 0.5) is 4.79 Å². The fourth-order valence-corrected chi connectivity index (χ4v) is 3.20. The van der Waals surface area contributed by atoms with Gasteiger partial charge in [-0.15, -0.1) is 0 Å². The number of urea groups is 1. The van der Waals surface area contributed by atoms with E-state index in [0.29, 0.717) is 37.6 Å². The van der Waals surface area contributed by atoms with Crippen molar-refractivity contribution in [3.63, 3.8) is 0 Å². The van der Waals surface area contributed by atoms with Gasteiger partial charge in [0.2, 0.25) is 5.91 Å². The number of aliphatic carboxylic acids is 1. The van der Waals surface area contributed by atoms with Gasteiger partial charge >= 0.3 is 12.0 Å². The van der Waals surface area contributed by atoms with Crippen molar-refractivity contribution in [2.75, 3.05) is 26.2 Å². The highest BCUT2D eigenvalue weighted by Gasteiger charge is 2.29. The predicted octanol–water partition coefficient (Wildman–Crippen LogP) is 1.99. The van der Waals surface area contributed by atoms with Crippen LogP contribution in [-0.4, -0.2) is 65.0 Å². The fraction of sp³-hybridized carbons (Fsp3) is 0.500. The molecule has 142 valence electrons. The number of amides is 3. The Bertz CT molecular complexity index is 668. The molecule has 0 bridgehead atoms. The number of halogens is 1. The first kappa shape index (κ1) is 20.0. The average Bonchev–Trinajstić information content (AvgIpc) is 2.58. The molecule has 1 aliphatic rings. The monoisotopic (exact) mass is 381 g/mol. The molecule has 1 aromatic rings. The number of carboxylic acid groups (broad SMARTS) is 1. The van der Waals surface area contributed by atoms with E-state index < -0.39 is 5.97 Å². The molecule has 1 fully saturated rings. The van der Waals surface area contributed by atoms with E-state index >= 15 is 0 Å². The third-order valence-corrected chi connectivity index (χ3v) is 4.56. The van der Waals surface area contributed by atoms with Gasteiger partial charge in [-0.3, -0.25) is 9.59 Å². The van der Waals surface area contributed by atoms with Crippen LogP contribution in [0.25, 0.3) is 0 Å². The van der Waals surface area contributed by atoms with E-state index in [1.54, 1.807) is 21.9 Å². The zero-order valence-corrected chi connectivity index (χ0v) is 15.5. The third-order valence-electron chi connectivity index (χ3n) is 4.32. The highest BCUT2D eigenvalue weighted by molar-refractivity contribution is 6.30. The number of nitrogens with zero attached hydrogens (tertiary/aromatic N) is 2. The van der Waals surface area contributed by atoms with Crippen molar-refractivity contribution in [3.05, 3.63) is 34.9 Å². The van der Waals surface area contributed by atoms with E-state index in [2.05, 4.69) is 5.32 Å². The summed E-state index contributed by atoms with van der Waals surface area (Å²) in [6.07, 6.45) is 0.712. The summed E-state index contributed by atoms with van der Waals surface area (Å²) in [5.41, 5.74) is 0.869. The molecule has 1 aliphatic heterocycles. The van der Waals surface area contributed by atoms with E-state index in [9.17, 15) is 14.4 Å². The molecule has 1 aromatic carbocycles. The zero-order valence-electron chi connectivity index (χ0n) is 14.8. The van der Waals surface area contributed by atoms with E-state index in [4.69, 9.17) is 16.7 Å². The number of nitrogens with one attached hydrogen (secondary N) is 1. The van der Waals surface area contributed by atoms with Crippen LogP contribution in [0.15, 0.2) is 24.3 Å². The maximum absolute atomic E-state index is 12.5. The van der Waals surface area contributed by atoms with Gasteiger partial charge in [-0.1, -0.05) is 23.7 Å². The maximum atomic E-state index is 12.5. The lowest BCUT2D eigenvalue weighted by Gasteiger charge is -2.40. The lowest BCUT2D eigenvalue weighted by atomic mass is 10.1. The van der Waals surface area contributed by atoms with E-state index in [1.807, 2.05) is 19.1 Å². The molecule has 0 radical (unpaired) electrons. The average molecular weight is 382 g/mol. The van der Waals surface area contributed by atoms with Gasteiger partial charge in [0.25, 0.3) is 0 Å². The Morgan fingerprint density at radius 1 is 1.31 bits per heavy atom. The summed E-state index contributed by atoms with van der Waals surface area (Å²) in [7, 11) is 0. The molecule has 3 amide bonds. The first-order valence-corrected chi connectivity index (χ1v) is 9.03. The molecule has 7 nitrogen and oxygen atoms in total. The Balaban J connectivity index is 1.80. The van der Waals surface area contributed by atoms with Gasteiger partial charge in [-0.05, 0) is 31.0 Å². The van der Waals surface area contributed by atoms with Crippen LogP contribution in [0.3, 0.4) is 0 Å². The van der Waals surface area contributed by atoms with Crippen molar-refractivity contribution < 1.29 is 19.5 Å². The SMILES string of the molecule is CC1CN(C(=O)NCCCC(=O)O)CCN1C(=O)Cc1cccc(Cl)c1. The number of piperazine rings is 1. The van der Waals surface area contributed by atoms with Crippen molar-refractivity contribution in [2.45, 2.75) is 32.2 Å². The standard InChI is InChI=1S/C18H24ClN3O4/c1-13-12-21(18(26)20-7-3-6-17(24)25)8-9-22(13)16(23)11-14-4-2-5-15(19)10-14/h2,4-5,10,13H,3,6-9,11-12H2,1H3,(H,20,26)(H,24,25). The molecule has 0 aliphatic carbocycles. The van der Waals surface area contributed by atoms with E-state index in [1.165, 1.54) is 0 Å². The van der Waals surface area contributed by atoms with Gasteiger partial charge < -0.3 is 20.2 Å². The van der Waals surface area contributed by atoms with Crippen molar-refractivity contribution in [1.29, 1.82) is 0 Å². The van der Waals surface area contributed by atoms with Crippen LogP contribution in [0.2, 0.25) is 5.02 Å². The normalized spacial score (nSPS) is 17.1. The minimum Gasteiger partial charge on any atom is -0.481 e. The lowest BCUT2D eigenvalue weighted by molar-refractivity contribution is -0.137. The van der Waals surface area contributed by atoms with Gasteiger partial charge in [-0.2, -0.15) is 0 Å². The molecular formula is C18H24ClN3O4. The molecule has 1 heterocycles. The molecule has 8 heteroatoms. The number of carboxylic acids is 1. The second-order valence-corrected chi connectivity index (χ2v) is 6.85. The van der Waals surface area contributed by atoms with E-state index in [-0.39, 0.29) is 30.8 Å². The minimum atomic E-state index is -0.875. The van der Waals surface area contributed by atoms with Gasteiger partial charge in [0.15, 0.2) is 0 Å². The molecule has 1 saturated heterocycles. The summed E-state index contributed by atoms with van der Waals surface area (Å²) >= 11 is 5.96. The molecular weight excluding hydrogens is 358 g/mol. The lowest BCUT2D eigenvalue weighted by Crippen LogP contribution is -2.57. The summed E-state index contributed by atoms with van der Waals surface area (Å²) in [4.78, 5) is 38.6. The second kappa shape index (κ2) is 9.43. The molecule has 26 heavy (non-hydrogen) atoms. The summed E-state index contributed by atoms with van der Waals surface area (Å²) < 4.78 is 0. The quantitative estimate of drug-likeness (QED) is 0.737. The van der Waals surface area contributed by atoms with Crippen LogP contribution >= 0.6 is 11.6 Å². The molecule has 1 atom stereocenters. The van der Waals surface area contributed by atoms with Gasteiger partial charge in [0.05, 0.1) is 6.42 Å². The number of carbonyl (C=O) groups excluding carboxylic acids is 2. The smallest absolute Gasteiger partial charge is 0.317 e. The molecule has 0 saturated carbocycles. The Labute approximate surface area is 157 Å². The van der Waals surface area contributed by atoms with Crippen LogP contribution in [0.1, 0.15) is 25.3 Å². The highest BCUT2D eigenvalue weighted by Crippen LogP contribution is 2.15. The Morgan fingerprint density at radius 3 is 2.73 bits per heavy atom. The summed E-state index contributed by atoms with van der Waals surface area (Å²) in [5.74, 6) is -0.860. The number of benzene rings is 1.